The summed E-state index contributed by atoms with van der Waals surface area (Å²) in [7, 11) is 0. The average Bonchev–Trinajstić information content (AvgIpc) is 3.43. The van der Waals surface area contributed by atoms with Crippen molar-refractivity contribution in [3.63, 3.8) is 0 Å². The number of anilines is 1. The van der Waals surface area contributed by atoms with Crippen molar-refractivity contribution in [1.29, 1.82) is 0 Å². The van der Waals surface area contributed by atoms with E-state index in [1.807, 2.05) is 23.1 Å². The first kappa shape index (κ1) is 17.4. The molecular formula is C22H23N5S. The molecule has 0 spiro atoms. The minimum atomic E-state index is 0.481. The maximum Gasteiger partial charge on any atom is 0.186 e. The molecule has 28 heavy (non-hydrogen) atoms. The molecule has 142 valence electrons. The molecule has 0 radical (unpaired) electrons. The first-order valence-electron chi connectivity index (χ1n) is 9.78. The number of para-hydroxylation sites is 1. The Hall–Kier alpha value is -2.70. The van der Waals surface area contributed by atoms with E-state index in [9.17, 15) is 0 Å². The van der Waals surface area contributed by atoms with Crippen LogP contribution in [0, 0.1) is 0 Å². The summed E-state index contributed by atoms with van der Waals surface area (Å²) in [6.07, 6.45) is 6.19. The maximum absolute atomic E-state index is 4.84. The van der Waals surface area contributed by atoms with Crippen LogP contribution in [0.1, 0.15) is 18.4 Å². The van der Waals surface area contributed by atoms with Gasteiger partial charge in [0.25, 0.3) is 0 Å². The molecule has 1 fully saturated rings. The SMILES string of the molecule is c1cc(CN[C@H]2CCCN(c3nc4ccccc4s3)C2)cc(-n2cccn2)c1. The monoisotopic (exact) mass is 389 g/mol. The summed E-state index contributed by atoms with van der Waals surface area (Å²) in [4.78, 5) is 7.27. The Morgan fingerprint density at radius 1 is 1.11 bits per heavy atom. The van der Waals surface area contributed by atoms with Gasteiger partial charge in [0.2, 0.25) is 0 Å². The summed E-state index contributed by atoms with van der Waals surface area (Å²) in [5.41, 5.74) is 3.49. The highest BCUT2D eigenvalue weighted by Crippen LogP contribution is 2.30. The van der Waals surface area contributed by atoms with E-state index >= 15 is 0 Å². The van der Waals surface area contributed by atoms with Gasteiger partial charge in [0.15, 0.2) is 5.13 Å². The zero-order valence-corrected chi connectivity index (χ0v) is 16.5. The number of hydrogen-bond donors (Lipinski definition) is 1. The zero-order chi connectivity index (χ0) is 18.8. The predicted molar refractivity (Wildman–Crippen MR) is 115 cm³/mol. The molecule has 0 aliphatic carbocycles. The predicted octanol–water partition coefficient (Wildman–Crippen LogP) is 4.24. The second-order valence-corrected chi connectivity index (χ2v) is 8.26. The van der Waals surface area contributed by atoms with Gasteiger partial charge in [-0.1, -0.05) is 35.6 Å². The molecule has 1 N–H and O–H groups in total. The fourth-order valence-electron chi connectivity index (χ4n) is 3.81. The standard InChI is InChI=1S/C22H23N5S/c1-2-10-21-20(9-1)25-22(28-21)26-12-4-7-18(16-26)23-15-17-6-3-8-19(14-17)27-13-5-11-24-27/h1-3,5-6,8-11,13-14,18,23H,4,7,12,15-16H2/t18-/m0/s1. The number of nitrogens with one attached hydrogen (secondary N) is 1. The van der Waals surface area contributed by atoms with Gasteiger partial charge in [0.05, 0.1) is 15.9 Å². The lowest BCUT2D eigenvalue weighted by Crippen LogP contribution is -2.45. The van der Waals surface area contributed by atoms with Crippen molar-refractivity contribution >= 4 is 26.7 Å². The van der Waals surface area contributed by atoms with Crippen LogP contribution in [0.5, 0.6) is 0 Å². The van der Waals surface area contributed by atoms with Crippen LogP contribution in [0.25, 0.3) is 15.9 Å². The molecule has 6 heteroatoms. The highest BCUT2D eigenvalue weighted by molar-refractivity contribution is 7.22. The zero-order valence-electron chi connectivity index (χ0n) is 15.7. The van der Waals surface area contributed by atoms with Gasteiger partial charge >= 0.3 is 0 Å². The van der Waals surface area contributed by atoms with Gasteiger partial charge in [-0.05, 0) is 48.7 Å². The van der Waals surface area contributed by atoms with Crippen molar-refractivity contribution in [3.8, 4) is 5.69 Å². The van der Waals surface area contributed by atoms with Crippen LogP contribution >= 0.6 is 11.3 Å². The molecule has 0 amide bonds. The number of hydrogen-bond acceptors (Lipinski definition) is 5. The lowest BCUT2D eigenvalue weighted by atomic mass is 10.1. The molecule has 0 saturated carbocycles. The Balaban J connectivity index is 1.24. The van der Waals surface area contributed by atoms with Crippen molar-refractivity contribution in [2.24, 2.45) is 0 Å². The molecule has 1 aliphatic rings. The average molecular weight is 390 g/mol. The number of fused-ring (bicyclic) bond motifs is 1. The topological polar surface area (TPSA) is 46.0 Å². The van der Waals surface area contributed by atoms with Crippen LogP contribution < -0.4 is 10.2 Å². The van der Waals surface area contributed by atoms with Crippen LogP contribution in [-0.4, -0.2) is 33.9 Å². The van der Waals surface area contributed by atoms with Gasteiger partial charge in [0, 0.05) is 38.1 Å². The number of nitrogens with zero attached hydrogens (tertiary/aromatic N) is 4. The van der Waals surface area contributed by atoms with Gasteiger partial charge in [-0.2, -0.15) is 5.10 Å². The van der Waals surface area contributed by atoms with Gasteiger partial charge in [-0.3, -0.25) is 0 Å². The van der Waals surface area contributed by atoms with E-state index in [0.29, 0.717) is 6.04 Å². The van der Waals surface area contributed by atoms with Crippen LogP contribution in [-0.2, 0) is 6.54 Å². The molecule has 2 aromatic heterocycles. The van der Waals surface area contributed by atoms with E-state index in [1.54, 1.807) is 11.3 Å². The van der Waals surface area contributed by atoms with E-state index in [2.05, 4.69) is 63.8 Å². The Morgan fingerprint density at radius 2 is 2.07 bits per heavy atom. The number of aromatic nitrogens is 3. The third-order valence-corrected chi connectivity index (χ3v) is 6.35. The summed E-state index contributed by atoms with van der Waals surface area (Å²) in [6.45, 7) is 2.97. The van der Waals surface area contributed by atoms with Gasteiger partial charge in [-0.15, -0.1) is 0 Å². The van der Waals surface area contributed by atoms with Crippen LogP contribution in [0.4, 0.5) is 5.13 Å². The van der Waals surface area contributed by atoms with Crippen LogP contribution in [0.2, 0.25) is 0 Å². The van der Waals surface area contributed by atoms with Crippen molar-refractivity contribution < 1.29 is 0 Å². The second kappa shape index (κ2) is 7.73. The van der Waals surface area contributed by atoms with Crippen LogP contribution in [0.15, 0.2) is 67.0 Å². The van der Waals surface area contributed by atoms with E-state index in [1.165, 1.54) is 23.1 Å². The van der Waals surface area contributed by atoms with Gasteiger partial charge < -0.3 is 10.2 Å². The molecule has 4 aromatic rings. The quantitative estimate of drug-likeness (QED) is 0.555. The first-order chi connectivity index (χ1) is 13.8. The third-order valence-electron chi connectivity index (χ3n) is 5.25. The van der Waals surface area contributed by atoms with Crippen molar-refractivity contribution in [2.45, 2.75) is 25.4 Å². The molecule has 2 aromatic carbocycles. The summed E-state index contributed by atoms with van der Waals surface area (Å²) in [5, 5.41) is 9.22. The summed E-state index contributed by atoms with van der Waals surface area (Å²) in [6, 6.07) is 19.4. The molecule has 1 saturated heterocycles. The largest absolute Gasteiger partial charge is 0.347 e. The lowest BCUT2D eigenvalue weighted by Gasteiger charge is -2.33. The van der Waals surface area contributed by atoms with Crippen molar-refractivity contribution in [3.05, 3.63) is 72.6 Å². The Labute approximate surface area is 168 Å². The minimum Gasteiger partial charge on any atom is -0.347 e. The number of rotatable bonds is 5. The molecule has 1 atom stereocenters. The number of thiazole rings is 1. The Morgan fingerprint density at radius 3 is 2.96 bits per heavy atom. The number of benzene rings is 2. The highest BCUT2D eigenvalue weighted by atomic mass is 32.1. The molecular weight excluding hydrogens is 366 g/mol. The maximum atomic E-state index is 4.84. The summed E-state index contributed by atoms with van der Waals surface area (Å²) < 4.78 is 3.17. The van der Waals surface area contributed by atoms with E-state index in [0.717, 1.165) is 36.0 Å². The molecule has 5 rings (SSSR count). The van der Waals surface area contributed by atoms with E-state index < -0.39 is 0 Å². The van der Waals surface area contributed by atoms with Gasteiger partial charge in [0.1, 0.15) is 0 Å². The fourth-order valence-corrected chi connectivity index (χ4v) is 4.81. The molecule has 0 unspecified atom stereocenters. The third kappa shape index (κ3) is 3.66. The summed E-state index contributed by atoms with van der Waals surface area (Å²) >= 11 is 1.80. The highest BCUT2D eigenvalue weighted by Gasteiger charge is 2.22. The molecule has 5 nitrogen and oxygen atoms in total. The van der Waals surface area contributed by atoms with E-state index in [4.69, 9.17) is 4.98 Å². The minimum absolute atomic E-state index is 0.481. The molecule has 1 aliphatic heterocycles. The molecule has 3 heterocycles. The second-order valence-electron chi connectivity index (χ2n) is 7.25. The first-order valence-corrected chi connectivity index (χ1v) is 10.6. The summed E-state index contributed by atoms with van der Waals surface area (Å²) in [5.74, 6) is 0. The molecule has 0 bridgehead atoms. The number of piperidine rings is 1. The van der Waals surface area contributed by atoms with E-state index in [-0.39, 0.29) is 0 Å². The van der Waals surface area contributed by atoms with Gasteiger partial charge in [-0.25, -0.2) is 9.67 Å². The smallest absolute Gasteiger partial charge is 0.186 e. The normalized spacial score (nSPS) is 17.3. The fraction of sp³-hybridized carbons (Fsp3) is 0.273. The van der Waals surface area contributed by atoms with Crippen molar-refractivity contribution in [2.75, 3.05) is 18.0 Å². The lowest BCUT2D eigenvalue weighted by molar-refractivity contribution is 0.421. The van der Waals surface area contributed by atoms with Crippen LogP contribution in [0.3, 0.4) is 0 Å². The van der Waals surface area contributed by atoms with Crippen molar-refractivity contribution in [1.82, 2.24) is 20.1 Å². The Kier molecular flexibility index (Phi) is 4.81. The Bertz CT molecular complexity index is 1020.